The normalized spacial score (nSPS) is 17.9. The van der Waals surface area contributed by atoms with Crippen LogP contribution in [0.4, 0.5) is 0 Å². The highest BCUT2D eigenvalue weighted by Gasteiger charge is 2.37. The molecule has 2 rings (SSSR count). The van der Waals surface area contributed by atoms with E-state index in [0.717, 1.165) is 32.1 Å². The predicted molar refractivity (Wildman–Crippen MR) is 75.5 cm³/mol. The highest BCUT2D eigenvalue weighted by Crippen LogP contribution is 2.35. The lowest BCUT2D eigenvalue weighted by Gasteiger charge is -2.34. The van der Waals surface area contributed by atoms with Gasteiger partial charge in [-0.25, -0.2) is 0 Å². The second-order valence-electron chi connectivity index (χ2n) is 5.41. The van der Waals surface area contributed by atoms with Crippen molar-refractivity contribution in [1.29, 1.82) is 0 Å². The standard InChI is InChI=1S/C15H23N3O/c16-12-15(7-2-1-3-8-15)14(19)18-11-6-13-4-9-17-10-5-13/h4-5,9-10H,1-3,6-8,11-12,16H2,(H,18,19). The Balaban J connectivity index is 1.83. The van der Waals surface area contributed by atoms with Gasteiger partial charge in [0.15, 0.2) is 0 Å². The van der Waals surface area contributed by atoms with Crippen LogP contribution in [0, 0.1) is 5.41 Å². The van der Waals surface area contributed by atoms with Crippen LogP contribution in [-0.2, 0) is 11.2 Å². The molecule has 19 heavy (non-hydrogen) atoms. The summed E-state index contributed by atoms with van der Waals surface area (Å²) in [6.45, 7) is 1.14. The summed E-state index contributed by atoms with van der Waals surface area (Å²) in [6, 6.07) is 3.96. The Bertz CT molecular complexity index is 399. The van der Waals surface area contributed by atoms with Crippen molar-refractivity contribution in [2.24, 2.45) is 11.1 Å². The van der Waals surface area contributed by atoms with Gasteiger partial charge in [-0.2, -0.15) is 0 Å². The number of hydrogen-bond donors (Lipinski definition) is 2. The Kier molecular flexibility index (Phi) is 4.91. The lowest BCUT2D eigenvalue weighted by Crippen LogP contribution is -2.47. The van der Waals surface area contributed by atoms with Crippen LogP contribution in [0.2, 0.25) is 0 Å². The maximum absolute atomic E-state index is 12.3. The molecule has 0 unspecified atom stereocenters. The third-order valence-corrected chi connectivity index (χ3v) is 4.13. The Hall–Kier alpha value is -1.42. The molecule has 1 aliphatic carbocycles. The summed E-state index contributed by atoms with van der Waals surface area (Å²) in [5.41, 5.74) is 6.74. The predicted octanol–water partition coefficient (Wildman–Crippen LogP) is 1.65. The zero-order chi connectivity index (χ0) is 13.6. The number of nitrogens with zero attached hydrogens (tertiary/aromatic N) is 1. The highest BCUT2D eigenvalue weighted by molar-refractivity contribution is 5.83. The number of carbonyl (C=O) groups excluding carboxylic acids is 1. The molecule has 0 bridgehead atoms. The molecule has 1 heterocycles. The van der Waals surface area contributed by atoms with Crippen LogP contribution in [0.25, 0.3) is 0 Å². The monoisotopic (exact) mass is 261 g/mol. The fourth-order valence-electron chi connectivity index (χ4n) is 2.81. The van der Waals surface area contributed by atoms with Crippen molar-refractivity contribution in [3.63, 3.8) is 0 Å². The average Bonchev–Trinajstić information content (AvgIpc) is 2.49. The van der Waals surface area contributed by atoms with E-state index in [1.807, 2.05) is 12.1 Å². The molecular formula is C15H23N3O. The van der Waals surface area contributed by atoms with Gasteiger partial charge in [0.25, 0.3) is 0 Å². The van der Waals surface area contributed by atoms with E-state index >= 15 is 0 Å². The van der Waals surface area contributed by atoms with Gasteiger partial charge in [0.1, 0.15) is 0 Å². The average molecular weight is 261 g/mol. The third-order valence-electron chi connectivity index (χ3n) is 4.13. The molecule has 0 spiro atoms. The van der Waals surface area contributed by atoms with Crippen molar-refractivity contribution in [3.8, 4) is 0 Å². The van der Waals surface area contributed by atoms with E-state index in [2.05, 4.69) is 10.3 Å². The van der Waals surface area contributed by atoms with Gasteiger partial charge in [0.05, 0.1) is 5.41 Å². The number of rotatable bonds is 5. The zero-order valence-corrected chi connectivity index (χ0v) is 11.4. The first-order valence-corrected chi connectivity index (χ1v) is 7.14. The molecule has 0 aliphatic heterocycles. The largest absolute Gasteiger partial charge is 0.355 e. The van der Waals surface area contributed by atoms with Crippen molar-refractivity contribution in [1.82, 2.24) is 10.3 Å². The molecule has 1 saturated carbocycles. The smallest absolute Gasteiger partial charge is 0.227 e. The second kappa shape index (κ2) is 6.66. The Morgan fingerprint density at radius 3 is 2.58 bits per heavy atom. The van der Waals surface area contributed by atoms with Crippen molar-refractivity contribution >= 4 is 5.91 Å². The van der Waals surface area contributed by atoms with E-state index in [0.29, 0.717) is 13.1 Å². The molecule has 1 aromatic heterocycles. The first-order valence-electron chi connectivity index (χ1n) is 7.14. The summed E-state index contributed by atoms with van der Waals surface area (Å²) in [7, 11) is 0. The summed E-state index contributed by atoms with van der Waals surface area (Å²) in [5, 5.41) is 3.05. The first-order chi connectivity index (χ1) is 9.27. The highest BCUT2D eigenvalue weighted by atomic mass is 16.2. The summed E-state index contributed by atoms with van der Waals surface area (Å²) in [4.78, 5) is 16.3. The van der Waals surface area contributed by atoms with Crippen LogP contribution < -0.4 is 11.1 Å². The van der Waals surface area contributed by atoms with Crippen LogP contribution in [0.1, 0.15) is 37.7 Å². The van der Waals surface area contributed by atoms with Crippen LogP contribution in [0.5, 0.6) is 0 Å². The summed E-state index contributed by atoms with van der Waals surface area (Å²) in [5.74, 6) is 0.142. The number of amides is 1. The minimum Gasteiger partial charge on any atom is -0.355 e. The first kappa shape index (κ1) is 14.0. The van der Waals surface area contributed by atoms with Gasteiger partial charge in [0.2, 0.25) is 5.91 Å². The van der Waals surface area contributed by atoms with Crippen LogP contribution in [0.15, 0.2) is 24.5 Å². The molecule has 3 N–H and O–H groups in total. The van der Waals surface area contributed by atoms with Crippen molar-refractivity contribution in [2.75, 3.05) is 13.1 Å². The lowest BCUT2D eigenvalue weighted by atomic mass is 9.73. The molecule has 0 radical (unpaired) electrons. The van der Waals surface area contributed by atoms with E-state index in [1.54, 1.807) is 12.4 Å². The maximum atomic E-state index is 12.3. The molecule has 1 aromatic rings. The fourth-order valence-corrected chi connectivity index (χ4v) is 2.81. The summed E-state index contributed by atoms with van der Waals surface area (Å²) in [6.07, 6.45) is 9.74. The molecule has 0 aromatic carbocycles. The van der Waals surface area contributed by atoms with Gasteiger partial charge in [-0.05, 0) is 37.0 Å². The Morgan fingerprint density at radius 2 is 1.95 bits per heavy atom. The number of nitrogens with one attached hydrogen (secondary N) is 1. The number of pyridine rings is 1. The molecule has 104 valence electrons. The zero-order valence-electron chi connectivity index (χ0n) is 11.4. The van der Waals surface area contributed by atoms with Gasteiger partial charge >= 0.3 is 0 Å². The summed E-state index contributed by atoms with van der Waals surface area (Å²) >= 11 is 0. The minimum atomic E-state index is -0.309. The van der Waals surface area contributed by atoms with E-state index in [9.17, 15) is 4.79 Å². The van der Waals surface area contributed by atoms with Crippen molar-refractivity contribution in [3.05, 3.63) is 30.1 Å². The Morgan fingerprint density at radius 1 is 1.26 bits per heavy atom. The fraction of sp³-hybridized carbons (Fsp3) is 0.600. The molecule has 1 fully saturated rings. The number of nitrogens with two attached hydrogens (primary N) is 1. The van der Waals surface area contributed by atoms with Crippen LogP contribution in [-0.4, -0.2) is 24.0 Å². The van der Waals surface area contributed by atoms with Crippen LogP contribution >= 0.6 is 0 Å². The molecule has 4 nitrogen and oxygen atoms in total. The number of aromatic nitrogens is 1. The molecule has 4 heteroatoms. The number of hydrogen-bond acceptors (Lipinski definition) is 3. The van der Waals surface area contributed by atoms with E-state index < -0.39 is 0 Å². The van der Waals surface area contributed by atoms with E-state index in [-0.39, 0.29) is 11.3 Å². The second-order valence-corrected chi connectivity index (χ2v) is 5.41. The van der Waals surface area contributed by atoms with Gasteiger partial charge < -0.3 is 11.1 Å². The quantitative estimate of drug-likeness (QED) is 0.847. The van der Waals surface area contributed by atoms with E-state index in [1.165, 1.54) is 12.0 Å². The lowest BCUT2D eigenvalue weighted by molar-refractivity contribution is -0.132. The van der Waals surface area contributed by atoms with Gasteiger partial charge in [-0.3, -0.25) is 9.78 Å². The van der Waals surface area contributed by atoms with Crippen molar-refractivity contribution < 1.29 is 4.79 Å². The van der Waals surface area contributed by atoms with E-state index in [4.69, 9.17) is 5.73 Å². The third kappa shape index (κ3) is 3.53. The van der Waals surface area contributed by atoms with Gasteiger partial charge in [-0.15, -0.1) is 0 Å². The van der Waals surface area contributed by atoms with Crippen molar-refractivity contribution in [2.45, 2.75) is 38.5 Å². The topological polar surface area (TPSA) is 68.0 Å². The maximum Gasteiger partial charge on any atom is 0.227 e. The van der Waals surface area contributed by atoms with Gasteiger partial charge in [0, 0.05) is 25.5 Å². The summed E-state index contributed by atoms with van der Waals surface area (Å²) < 4.78 is 0. The molecule has 0 saturated heterocycles. The van der Waals surface area contributed by atoms with Gasteiger partial charge in [-0.1, -0.05) is 19.3 Å². The molecule has 0 atom stereocenters. The minimum absolute atomic E-state index is 0.142. The molecule has 1 amide bonds. The SMILES string of the molecule is NCC1(C(=O)NCCc2ccncc2)CCCCC1. The molecule has 1 aliphatic rings. The number of carbonyl (C=O) groups is 1. The van der Waals surface area contributed by atoms with Crippen LogP contribution in [0.3, 0.4) is 0 Å². The molecular weight excluding hydrogens is 238 g/mol. The Labute approximate surface area is 114 Å².